The molecule has 1 aliphatic heterocycles. The van der Waals surface area contributed by atoms with Crippen molar-refractivity contribution in [1.29, 1.82) is 5.26 Å². The van der Waals surface area contributed by atoms with E-state index < -0.39 is 0 Å². The molecule has 1 heterocycles. The summed E-state index contributed by atoms with van der Waals surface area (Å²) in [5.74, 6) is 0. The van der Waals surface area contributed by atoms with Gasteiger partial charge in [-0.25, -0.2) is 0 Å². The second kappa shape index (κ2) is 9.51. The van der Waals surface area contributed by atoms with Crippen LogP contribution < -0.4 is 0 Å². The zero-order valence-electron chi connectivity index (χ0n) is 14.1. The van der Waals surface area contributed by atoms with Crippen molar-refractivity contribution in [3.8, 4) is 5.40 Å². The molecule has 1 aliphatic rings. The fourth-order valence-electron chi connectivity index (χ4n) is 2.24. The molecule has 3 rings (SSSR count). The first-order chi connectivity index (χ1) is 13.3. The first-order valence-electron chi connectivity index (χ1n) is 7.96. The van der Waals surface area contributed by atoms with Crippen molar-refractivity contribution in [2.45, 2.75) is 11.3 Å². The van der Waals surface area contributed by atoms with Gasteiger partial charge < -0.3 is 0 Å². The van der Waals surface area contributed by atoms with Crippen molar-refractivity contribution in [3.63, 3.8) is 0 Å². The Hall–Kier alpha value is -3.17. The van der Waals surface area contributed by atoms with Crippen LogP contribution in [0.2, 0.25) is 0 Å². The van der Waals surface area contributed by atoms with E-state index in [4.69, 9.17) is 5.26 Å². The molecule has 0 unspecified atom stereocenters. The third-order valence-corrected chi connectivity index (χ3v) is 4.22. The Morgan fingerprint density at radius 2 is 1.59 bits per heavy atom. The summed E-state index contributed by atoms with van der Waals surface area (Å²) >= 11 is 5.71. The Balaban J connectivity index is 1.60. The van der Waals surface area contributed by atoms with Crippen molar-refractivity contribution in [2.24, 2.45) is 20.0 Å². The van der Waals surface area contributed by atoms with Crippen LogP contribution in [0.3, 0.4) is 0 Å². The number of benzene rings is 2. The van der Waals surface area contributed by atoms with E-state index >= 15 is 0 Å². The van der Waals surface area contributed by atoms with E-state index in [1.54, 1.807) is 12.4 Å². The van der Waals surface area contributed by atoms with Crippen molar-refractivity contribution in [3.05, 3.63) is 60.3 Å². The normalized spacial score (nSPS) is 13.3. The fourth-order valence-corrected chi connectivity index (χ4v) is 2.72. The molecule has 2 aromatic carbocycles. The lowest BCUT2D eigenvalue weighted by Crippen LogP contribution is -1.93. The minimum atomic E-state index is 0.718. The lowest BCUT2D eigenvalue weighted by atomic mass is 10.3. The molecule has 5 nitrogen and oxygen atoms in total. The second-order valence-corrected chi connectivity index (χ2v) is 6.40. The van der Waals surface area contributed by atoms with E-state index in [1.807, 2.05) is 60.0 Å². The van der Waals surface area contributed by atoms with E-state index in [2.05, 4.69) is 37.3 Å². The van der Waals surface area contributed by atoms with Crippen molar-refractivity contribution < 1.29 is 0 Å². The van der Waals surface area contributed by atoms with Gasteiger partial charge in [0.1, 0.15) is 5.40 Å². The Kier molecular flexibility index (Phi) is 6.55. The Bertz CT molecular complexity index is 1020. The van der Waals surface area contributed by atoms with Crippen molar-refractivity contribution in [2.75, 3.05) is 0 Å². The number of rotatable bonds is 6. The highest BCUT2D eigenvalue weighted by Crippen LogP contribution is 2.21. The summed E-state index contributed by atoms with van der Waals surface area (Å²) in [6, 6.07) is 14.9. The molecule has 0 radical (unpaired) electrons. The smallest absolute Gasteiger partial charge is 0.138 e. The van der Waals surface area contributed by atoms with Gasteiger partial charge >= 0.3 is 0 Å². The molecule has 7 heteroatoms. The van der Waals surface area contributed by atoms with E-state index in [-0.39, 0.29) is 0 Å². The van der Waals surface area contributed by atoms with Gasteiger partial charge in [-0.3, -0.25) is 15.0 Å². The van der Waals surface area contributed by atoms with Gasteiger partial charge in [0.25, 0.3) is 0 Å². The lowest BCUT2D eigenvalue weighted by Gasteiger charge is -1.95. The highest BCUT2D eigenvalue weighted by Gasteiger charge is 2.05. The number of thioether (sulfide) groups is 1. The fraction of sp³-hybridized carbons (Fsp3) is 0.0500. The average molecular weight is 387 g/mol. The molecule has 0 fully saturated rings. The number of hydrogen-bond acceptors (Lipinski definition) is 7. The summed E-state index contributed by atoms with van der Waals surface area (Å²) in [7, 11) is 0. The monoisotopic (exact) mass is 387 g/mol. The average Bonchev–Trinajstić information content (AvgIpc) is 3.15. The van der Waals surface area contributed by atoms with E-state index in [0.29, 0.717) is 0 Å². The maximum Gasteiger partial charge on any atom is 0.138 e. The highest BCUT2D eigenvalue weighted by atomic mass is 32.2. The molecular weight excluding hydrogens is 374 g/mol. The number of aliphatic imine (C=N–C) groups is 4. The summed E-state index contributed by atoms with van der Waals surface area (Å²) in [6.07, 6.45) is 6.20. The van der Waals surface area contributed by atoms with Crippen LogP contribution in [0.5, 0.6) is 0 Å². The number of hydrogen-bond donors (Lipinski definition) is 0. The zero-order chi connectivity index (χ0) is 18.9. The molecule has 0 aromatic heterocycles. The van der Waals surface area contributed by atoms with Crippen LogP contribution in [-0.4, -0.2) is 23.3 Å². The van der Waals surface area contributed by atoms with Gasteiger partial charge in [-0.05, 0) is 72.5 Å². The summed E-state index contributed by atoms with van der Waals surface area (Å²) < 4.78 is 0. The van der Waals surface area contributed by atoms with Crippen LogP contribution in [0.1, 0.15) is 6.42 Å². The molecule has 0 N–H and O–H groups in total. The van der Waals surface area contributed by atoms with E-state index in [0.717, 1.165) is 51.5 Å². The number of thiocyanates is 1. The molecule has 2 aromatic rings. The maximum atomic E-state index is 8.65. The molecule has 0 aliphatic carbocycles. The molecule has 0 atom stereocenters. The number of nitrogens with zero attached hydrogens (tertiary/aromatic N) is 5. The summed E-state index contributed by atoms with van der Waals surface area (Å²) in [5.41, 5.74) is 4.06. The maximum absolute atomic E-state index is 8.65. The molecular formula is C20H13N5S2. The van der Waals surface area contributed by atoms with Gasteiger partial charge in [0, 0.05) is 17.5 Å². The van der Waals surface area contributed by atoms with Crippen LogP contribution in [-0.2, 0) is 0 Å². The van der Waals surface area contributed by atoms with Crippen LogP contribution >= 0.6 is 24.0 Å². The minimum Gasteiger partial charge on any atom is -0.255 e. The number of allylic oxidation sites excluding steroid dienone is 2. The summed E-state index contributed by atoms with van der Waals surface area (Å²) in [6.45, 7) is 0. The third-order valence-electron chi connectivity index (χ3n) is 3.53. The highest BCUT2D eigenvalue weighted by molar-refractivity contribution is 8.03. The van der Waals surface area contributed by atoms with Gasteiger partial charge in [0.05, 0.1) is 39.8 Å². The quantitative estimate of drug-likeness (QED) is 0.271. The van der Waals surface area contributed by atoms with Crippen LogP contribution in [0.15, 0.2) is 85.2 Å². The van der Waals surface area contributed by atoms with Crippen molar-refractivity contribution >= 4 is 64.3 Å². The molecule has 0 amide bonds. The zero-order valence-corrected chi connectivity index (χ0v) is 15.7. The molecule has 0 spiro atoms. The van der Waals surface area contributed by atoms with Crippen LogP contribution in [0.25, 0.3) is 0 Å². The molecule has 0 saturated heterocycles. The standard InChI is InChI=1S/C20H13N5S2/c21-13-27-20-9-7-16(8-10-20)23-12-19-6-5-18(25-19)11-22-15-1-3-17(4-2-15)24-14-26/h1-5,7-12H,6H2. The second-order valence-electron chi connectivity index (χ2n) is 5.36. The van der Waals surface area contributed by atoms with Gasteiger partial charge in [-0.2, -0.15) is 10.3 Å². The number of thiocarbonyl (C=S) groups is 1. The third kappa shape index (κ3) is 5.66. The number of isothiocyanates is 1. The van der Waals surface area contributed by atoms with Crippen molar-refractivity contribution in [1.82, 2.24) is 0 Å². The first kappa shape index (κ1) is 18.6. The lowest BCUT2D eigenvalue weighted by molar-refractivity contribution is 1.43. The van der Waals surface area contributed by atoms with Crippen LogP contribution in [0.4, 0.5) is 17.1 Å². The Morgan fingerprint density at radius 1 is 0.963 bits per heavy atom. The molecule has 27 heavy (non-hydrogen) atoms. The first-order valence-corrected chi connectivity index (χ1v) is 9.19. The summed E-state index contributed by atoms with van der Waals surface area (Å²) in [5, 5.41) is 13.0. The SMILES string of the molecule is N#CSc1ccc(N=CC2=NC(C=Nc3ccc(N=C=S)cc3)=CC2)cc1. The largest absolute Gasteiger partial charge is 0.255 e. The molecule has 0 saturated carbocycles. The van der Waals surface area contributed by atoms with Gasteiger partial charge in [-0.15, -0.1) is 0 Å². The predicted octanol–water partition coefficient (Wildman–Crippen LogP) is 5.83. The van der Waals surface area contributed by atoms with Crippen LogP contribution in [0, 0.1) is 10.7 Å². The number of nitriles is 1. The van der Waals surface area contributed by atoms with E-state index in [1.165, 1.54) is 0 Å². The van der Waals surface area contributed by atoms with Gasteiger partial charge in [0.15, 0.2) is 0 Å². The Labute approximate surface area is 166 Å². The molecule has 130 valence electrons. The van der Waals surface area contributed by atoms with Gasteiger partial charge in [-0.1, -0.05) is 6.08 Å². The van der Waals surface area contributed by atoms with Gasteiger partial charge in [0.2, 0.25) is 0 Å². The predicted molar refractivity (Wildman–Crippen MR) is 115 cm³/mol. The topological polar surface area (TPSA) is 73.2 Å². The Morgan fingerprint density at radius 3 is 2.26 bits per heavy atom. The van der Waals surface area contributed by atoms with E-state index in [9.17, 15) is 0 Å². The summed E-state index contributed by atoms with van der Waals surface area (Å²) in [4.78, 5) is 18.1. The minimum absolute atomic E-state index is 0.718. The molecule has 0 bridgehead atoms.